The van der Waals surface area contributed by atoms with E-state index in [4.69, 9.17) is 4.74 Å². The average molecular weight is 466 g/mol. The van der Waals surface area contributed by atoms with E-state index in [1.807, 2.05) is 6.92 Å². The summed E-state index contributed by atoms with van der Waals surface area (Å²) in [6, 6.07) is 6.99. The van der Waals surface area contributed by atoms with Crippen LogP contribution >= 0.6 is 0 Å². The highest BCUT2D eigenvalue weighted by Gasteiger charge is 2.35. The number of carbonyl (C=O) groups is 1. The molecule has 10 heteroatoms. The Hall–Kier alpha value is -2.56. The van der Waals surface area contributed by atoms with Crippen LogP contribution in [0.1, 0.15) is 24.2 Å². The van der Waals surface area contributed by atoms with E-state index in [1.165, 1.54) is 29.7 Å². The van der Waals surface area contributed by atoms with Gasteiger partial charge in [0.25, 0.3) is 5.91 Å². The van der Waals surface area contributed by atoms with Crippen LogP contribution < -0.4 is 4.74 Å². The molecule has 0 spiro atoms. The highest BCUT2D eigenvalue weighted by molar-refractivity contribution is 7.88. The number of hydrogen-bond acceptors (Lipinski definition) is 6. The molecule has 1 aromatic heterocycles. The Balaban J connectivity index is 2.06. The molecule has 0 saturated heterocycles. The van der Waals surface area contributed by atoms with Gasteiger partial charge in [-0.1, -0.05) is 19.1 Å². The summed E-state index contributed by atoms with van der Waals surface area (Å²) in [6.07, 6.45) is 2.08. The van der Waals surface area contributed by atoms with E-state index in [1.54, 1.807) is 30.0 Å². The molecule has 2 heterocycles. The van der Waals surface area contributed by atoms with Crippen LogP contribution in [0.15, 0.2) is 36.5 Å². The van der Waals surface area contributed by atoms with Crippen molar-refractivity contribution >= 4 is 15.9 Å². The van der Waals surface area contributed by atoms with Crippen molar-refractivity contribution in [2.45, 2.75) is 26.0 Å². The second-order valence-electron chi connectivity index (χ2n) is 8.25. The Morgan fingerprint density at radius 2 is 1.97 bits per heavy atom. The molecule has 0 radical (unpaired) electrons. The summed E-state index contributed by atoms with van der Waals surface area (Å²) in [5.74, 6) is -0.861. The lowest BCUT2D eigenvalue weighted by Gasteiger charge is -2.37. The predicted octanol–water partition coefficient (Wildman–Crippen LogP) is 2.00. The number of halogens is 1. The van der Waals surface area contributed by atoms with E-state index < -0.39 is 22.2 Å². The second-order valence-corrected chi connectivity index (χ2v) is 10.3. The Morgan fingerprint density at radius 1 is 1.31 bits per heavy atom. The van der Waals surface area contributed by atoms with Gasteiger partial charge in [-0.15, -0.1) is 0 Å². The van der Waals surface area contributed by atoms with Crippen molar-refractivity contribution in [3.63, 3.8) is 0 Å². The predicted molar refractivity (Wildman–Crippen MR) is 118 cm³/mol. The first-order chi connectivity index (χ1) is 15.0. The van der Waals surface area contributed by atoms with Gasteiger partial charge >= 0.3 is 0 Å². The number of benzene rings is 1. The number of amides is 1. The Bertz CT molecular complexity index is 1080. The number of fused-ring (bicyclic) bond motifs is 1. The van der Waals surface area contributed by atoms with Crippen molar-refractivity contribution in [2.75, 3.05) is 33.0 Å². The number of hydrogen-bond donors (Lipinski definition) is 1. The molecule has 0 aliphatic carbocycles. The van der Waals surface area contributed by atoms with Gasteiger partial charge in [-0.25, -0.2) is 22.1 Å². The lowest BCUT2D eigenvalue weighted by molar-refractivity contribution is 0.0374. The maximum atomic E-state index is 13.4. The molecule has 1 amide bonds. The molecule has 3 rings (SSSR count). The van der Waals surface area contributed by atoms with Gasteiger partial charge in [0.15, 0.2) is 0 Å². The molecule has 0 unspecified atom stereocenters. The smallest absolute Gasteiger partial charge is 0.259 e. The van der Waals surface area contributed by atoms with Crippen LogP contribution in [0.5, 0.6) is 5.88 Å². The molecule has 0 bridgehead atoms. The monoisotopic (exact) mass is 465 g/mol. The molecule has 1 aliphatic rings. The van der Waals surface area contributed by atoms with Crippen molar-refractivity contribution < 1.29 is 27.4 Å². The summed E-state index contributed by atoms with van der Waals surface area (Å²) in [5.41, 5.74) is 1.49. The molecule has 1 N–H and O–H groups in total. The number of carbonyl (C=O) groups excluding carboxylic acids is 1. The van der Waals surface area contributed by atoms with Gasteiger partial charge in [0.05, 0.1) is 25.4 Å². The summed E-state index contributed by atoms with van der Waals surface area (Å²) >= 11 is 0. The Labute approximate surface area is 187 Å². The zero-order valence-electron chi connectivity index (χ0n) is 18.5. The normalized spacial score (nSPS) is 20.3. The summed E-state index contributed by atoms with van der Waals surface area (Å²) in [4.78, 5) is 19.3. The van der Waals surface area contributed by atoms with E-state index in [9.17, 15) is 22.7 Å². The summed E-state index contributed by atoms with van der Waals surface area (Å²) in [7, 11) is -1.97. The van der Waals surface area contributed by atoms with Gasteiger partial charge in [0.1, 0.15) is 17.5 Å². The number of aliphatic hydroxyl groups is 1. The maximum Gasteiger partial charge on any atom is 0.259 e. The quantitative estimate of drug-likeness (QED) is 0.701. The van der Waals surface area contributed by atoms with Crippen molar-refractivity contribution in [3.8, 4) is 17.0 Å². The number of aliphatic hydroxyl groups excluding tert-OH is 1. The molecule has 2 aromatic rings. The van der Waals surface area contributed by atoms with E-state index >= 15 is 0 Å². The minimum Gasteiger partial charge on any atom is -0.472 e. The van der Waals surface area contributed by atoms with Crippen LogP contribution in [0.25, 0.3) is 11.1 Å². The minimum absolute atomic E-state index is 0.0797. The molecule has 1 aromatic carbocycles. The number of ether oxygens (including phenoxy) is 1. The van der Waals surface area contributed by atoms with Crippen LogP contribution in [0.3, 0.4) is 0 Å². The molecule has 8 nitrogen and oxygen atoms in total. The third kappa shape index (κ3) is 5.25. The highest BCUT2D eigenvalue weighted by Crippen LogP contribution is 2.30. The lowest BCUT2D eigenvalue weighted by atomic mass is 9.99. The second kappa shape index (κ2) is 9.51. The van der Waals surface area contributed by atoms with Crippen LogP contribution in [0.4, 0.5) is 4.39 Å². The highest BCUT2D eigenvalue weighted by atomic mass is 32.2. The molecular weight excluding hydrogens is 437 g/mol. The van der Waals surface area contributed by atoms with Gasteiger partial charge < -0.3 is 14.7 Å². The number of pyridine rings is 1. The molecule has 0 fully saturated rings. The fourth-order valence-electron chi connectivity index (χ4n) is 3.51. The number of sulfonamides is 1. The Morgan fingerprint density at radius 3 is 2.56 bits per heavy atom. The summed E-state index contributed by atoms with van der Waals surface area (Å²) in [6.45, 7) is 3.72. The van der Waals surface area contributed by atoms with Crippen LogP contribution in [-0.4, -0.2) is 78.8 Å². The number of aromatic nitrogens is 1. The topological polar surface area (TPSA) is 100 Å². The molecule has 0 saturated carbocycles. The number of likely N-dealkylation sites (N-methyl/N-ethyl adjacent to an activating group) is 1. The van der Waals surface area contributed by atoms with Crippen LogP contribution in [0, 0.1) is 11.7 Å². The Kier molecular flexibility index (Phi) is 7.16. The average Bonchev–Trinajstić information content (AvgIpc) is 2.75. The van der Waals surface area contributed by atoms with Crippen LogP contribution in [-0.2, 0) is 10.0 Å². The fraction of sp³-hybridized carbons (Fsp3) is 0.455. The first kappa shape index (κ1) is 24.1. The largest absolute Gasteiger partial charge is 0.472 e. The van der Waals surface area contributed by atoms with E-state index in [-0.39, 0.29) is 48.8 Å². The molecule has 3 atom stereocenters. The summed E-state index contributed by atoms with van der Waals surface area (Å²) in [5, 5.41) is 9.71. The third-order valence-corrected chi connectivity index (χ3v) is 6.98. The maximum absolute atomic E-state index is 13.4. The zero-order valence-corrected chi connectivity index (χ0v) is 19.3. The number of rotatable bonds is 6. The standard InChI is InChI=1S/C22H28FN3O5S/c1-14-11-26(15(2)13-27)22(28)19-9-17(16-5-7-18(23)8-6-16)10-24-21(19)31-20(14)12-25(3)32(4,29)30/h5-10,14-15,20,27H,11-13H2,1-4H3/t14-,15+,20-/m1/s1. The van der Waals surface area contributed by atoms with E-state index in [0.717, 1.165) is 6.26 Å². The molecular formula is C22H28FN3O5S. The van der Waals surface area contributed by atoms with Crippen molar-refractivity contribution in [1.29, 1.82) is 0 Å². The fourth-order valence-corrected chi connectivity index (χ4v) is 3.93. The zero-order chi connectivity index (χ0) is 23.6. The van der Waals surface area contributed by atoms with Gasteiger partial charge in [0, 0.05) is 31.3 Å². The van der Waals surface area contributed by atoms with Crippen molar-refractivity contribution in [1.82, 2.24) is 14.2 Å². The van der Waals surface area contributed by atoms with Crippen molar-refractivity contribution in [3.05, 3.63) is 47.9 Å². The first-order valence-electron chi connectivity index (χ1n) is 10.3. The van der Waals surface area contributed by atoms with E-state index in [0.29, 0.717) is 11.1 Å². The van der Waals surface area contributed by atoms with Gasteiger partial charge in [-0.05, 0) is 30.7 Å². The van der Waals surface area contributed by atoms with Crippen LogP contribution in [0.2, 0.25) is 0 Å². The van der Waals surface area contributed by atoms with Gasteiger partial charge in [0.2, 0.25) is 15.9 Å². The lowest BCUT2D eigenvalue weighted by Crippen LogP contribution is -2.50. The van der Waals surface area contributed by atoms with Gasteiger partial charge in [-0.3, -0.25) is 4.79 Å². The SMILES string of the molecule is C[C@@H]1CN([C@@H](C)CO)C(=O)c2cc(-c3ccc(F)cc3)cnc2O[C@@H]1CN(C)S(C)(=O)=O. The van der Waals surface area contributed by atoms with E-state index in [2.05, 4.69) is 4.98 Å². The minimum atomic E-state index is -3.43. The number of nitrogens with zero attached hydrogens (tertiary/aromatic N) is 3. The molecule has 174 valence electrons. The van der Waals surface area contributed by atoms with Gasteiger partial charge in [-0.2, -0.15) is 0 Å². The first-order valence-corrected chi connectivity index (χ1v) is 12.1. The molecule has 1 aliphatic heterocycles. The van der Waals surface area contributed by atoms with Crippen molar-refractivity contribution in [2.24, 2.45) is 5.92 Å². The summed E-state index contributed by atoms with van der Waals surface area (Å²) < 4.78 is 44.5. The third-order valence-electron chi connectivity index (χ3n) is 5.70. The molecule has 32 heavy (non-hydrogen) atoms.